The summed E-state index contributed by atoms with van der Waals surface area (Å²) in [5, 5.41) is 3.69. The van der Waals surface area contributed by atoms with Gasteiger partial charge in [0.05, 0.1) is 6.54 Å². The third kappa shape index (κ3) is 3.76. The first-order valence-corrected chi connectivity index (χ1v) is 6.64. The van der Waals surface area contributed by atoms with Crippen molar-refractivity contribution in [1.82, 2.24) is 20.4 Å². The number of amides is 1. The molecule has 0 atom stereocenters. The largest absolute Gasteiger partial charge is 0.359 e. The van der Waals surface area contributed by atoms with Gasteiger partial charge in [-0.25, -0.2) is 5.84 Å². The molecule has 2 heterocycles. The Balaban J connectivity index is 1.82. The Bertz CT molecular complexity index is 412. The topological polar surface area (TPSA) is 87.6 Å². The van der Waals surface area contributed by atoms with E-state index < -0.39 is 5.91 Å². The van der Waals surface area contributed by atoms with E-state index >= 15 is 0 Å². The number of nitrogen functional groups attached to an aromatic ring is 1. The fraction of sp³-hybridized carbons (Fsp3) is 0.667. The van der Waals surface area contributed by atoms with Gasteiger partial charge in [0.1, 0.15) is 0 Å². The van der Waals surface area contributed by atoms with Crippen molar-refractivity contribution in [3.05, 3.63) is 17.5 Å². The molecular weight excluding hydrogens is 246 g/mol. The fourth-order valence-corrected chi connectivity index (χ4v) is 2.28. The number of piperazine rings is 1. The third-order valence-electron chi connectivity index (χ3n) is 3.31. The summed E-state index contributed by atoms with van der Waals surface area (Å²) in [6.07, 6.45) is 1.19. The van der Waals surface area contributed by atoms with Gasteiger partial charge in [0, 0.05) is 32.2 Å². The van der Waals surface area contributed by atoms with E-state index in [1.165, 1.54) is 6.42 Å². The van der Waals surface area contributed by atoms with Crippen molar-refractivity contribution in [3.63, 3.8) is 0 Å². The van der Waals surface area contributed by atoms with Gasteiger partial charge in [0.25, 0.3) is 5.91 Å². The summed E-state index contributed by atoms with van der Waals surface area (Å²) < 4.78 is 5.14. The molecule has 1 amide bonds. The molecule has 1 aliphatic rings. The first-order chi connectivity index (χ1) is 9.22. The molecule has 19 heavy (non-hydrogen) atoms. The monoisotopic (exact) mass is 267 g/mol. The number of nitrogens with two attached hydrogens (primary N) is 1. The zero-order valence-corrected chi connectivity index (χ0v) is 11.3. The van der Waals surface area contributed by atoms with E-state index in [-0.39, 0.29) is 5.69 Å². The molecule has 1 fully saturated rings. The predicted molar refractivity (Wildman–Crippen MR) is 70.2 cm³/mol. The normalized spacial score (nSPS) is 17.6. The maximum Gasteiger partial charge on any atom is 0.287 e. The number of carbonyl (C=O) groups is 1. The highest BCUT2D eigenvalue weighted by Crippen LogP contribution is 2.10. The Kier molecular flexibility index (Phi) is 4.89. The lowest BCUT2D eigenvalue weighted by Crippen LogP contribution is -2.45. The van der Waals surface area contributed by atoms with E-state index in [0.29, 0.717) is 12.3 Å². The number of aromatic nitrogens is 1. The average Bonchev–Trinajstić information content (AvgIpc) is 2.89. The summed E-state index contributed by atoms with van der Waals surface area (Å²) in [5.41, 5.74) is 2.26. The van der Waals surface area contributed by atoms with Gasteiger partial charge in [-0.2, -0.15) is 0 Å². The first-order valence-electron chi connectivity index (χ1n) is 6.64. The molecule has 3 N–H and O–H groups in total. The van der Waals surface area contributed by atoms with Crippen LogP contribution in [0.2, 0.25) is 0 Å². The maximum atomic E-state index is 11.3. The Morgan fingerprint density at radius 2 is 2.11 bits per heavy atom. The molecule has 1 aromatic rings. The lowest BCUT2D eigenvalue weighted by molar-refractivity contribution is 0.0944. The Morgan fingerprint density at radius 1 is 1.42 bits per heavy atom. The van der Waals surface area contributed by atoms with Crippen LogP contribution in [-0.4, -0.2) is 53.6 Å². The van der Waals surface area contributed by atoms with Crippen LogP contribution in [0, 0.1) is 0 Å². The van der Waals surface area contributed by atoms with E-state index in [1.807, 2.05) is 5.43 Å². The lowest BCUT2D eigenvalue weighted by Gasteiger charge is -2.33. The van der Waals surface area contributed by atoms with Crippen LogP contribution in [-0.2, 0) is 6.54 Å². The molecule has 0 bridgehead atoms. The predicted octanol–water partition coefficient (Wildman–Crippen LogP) is -0.194. The zero-order valence-electron chi connectivity index (χ0n) is 11.3. The Labute approximate surface area is 112 Å². The molecule has 1 saturated heterocycles. The second-order valence-electron chi connectivity index (χ2n) is 4.77. The number of rotatable bonds is 5. The van der Waals surface area contributed by atoms with Gasteiger partial charge in [-0.15, -0.1) is 0 Å². The van der Waals surface area contributed by atoms with E-state index in [4.69, 9.17) is 10.4 Å². The van der Waals surface area contributed by atoms with Gasteiger partial charge >= 0.3 is 0 Å². The number of nitrogens with zero attached hydrogens (tertiary/aromatic N) is 3. The summed E-state index contributed by atoms with van der Waals surface area (Å²) in [6, 6.07) is 1.64. The van der Waals surface area contributed by atoms with E-state index in [0.717, 1.165) is 32.7 Å². The highest BCUT2D eigenvalue weighted by atomic mass is 16.5. The van der Waals surface area contributed by atoms with E-state index in [9.17, 15) is 4.79 Å². The SMILES string of the molecule is CCCN1CCN(Cc2cc(C(=O)NN)no2)CC1. The molecule has 1 aromatic heterocycles. The number of nitrogens with one attached hydrogen (secondary N) is 1. The number of hydrazine groups is 1. The molecule has 0 radical (unpaired) electrons. The number of hydrogen-bond donors (Lipinski definition) is 2. The van der Waals surface area contributed by atoms with Crippen LogP contribution in [0.15, 0.2) is 10.6 Å². The molecule has 7 heteroatoms. The van der Waals surface area contributed by atoms with E-state index in [1.54, 1.807) is 6.07 Å². The molecule has 106 valence electrons. The van der Waals surface area contributed by atoms with Crippen molar-refractivity contribution in [1.29, 1.82) is 0 Å². The summed E-state index contributed by atoms with van der Waals surface area (Å²) in [4.78, 5) is 16.0. The average molecular weight is 267 g/mol. The van der Waals surface area contributed by atoms with Crippen LogP contribution >= 0.6 is 0 Å². The molecule has 0 spiro atoms. The highest BCUT2D eigenvalue weighted by molar-refractivity contribution is 5.91. The van der Waals surface area contributed by atoms with Crippen LogP contribution in [0.3, 0.4) is 0 Å². The maximum absolute atomic E-state index is 11.3. The molecule has 0 aliphatic carbocycles. The lowest BCUT2D eigenvalue weighted by atomic mass is 10.2. The summed E-state index contributed by atoms with van der Waals surface area (Å²) in [5.74, 6) is 5.31. The highest BCUT2D eigenvalue weighted by Gasteiger charge is 2.18. The van der Waals surface area contributed by atoms with Gasteiger partial charge in [0.2, 0.25) is 0 Å². The molecular formula is C12H21N5O2. The number of hydrogen-bond acceptors (Lipinski definition) is 6. The van der Waals surface area contributed by atoms with Crippen LogP contribution in [0.5, 0.6) is 0 Å². The molecule has 7 nitrogen and oxygen atoms in total. The van der Waals surface area contributed by atoms with Crippen LogP contribution in [0.1, 0.15) is 29.6 Å². The van der Waals surface area contributed by atoms with Crippen molar-refractivity contribution in [2.45, 2.75) is 19.9 Å². The quantitative estimate of drug-likeness (QED) is 0.436. The van der Waals surface area contributed by atoms with Crippen LogP contribution in [0.25, 0.3) is 0 Å². The molecule has 0 aromatic carbocycles. The molecule has 0 saturated carbocycles. The van der Waals surface area contributed by atoms with Crippen LogP contribution < -0.4 is 11.3 Å². The second kappa shape index (κ2) is 6.65. The second-order valence-corrected chi connectivity index (χ2v) is 4.77. The van der Waals surface area contributed by atoms with Crippen molar-refractivity contribution in [2.24, 2.45) is 5.84 Å². The van der Waals surface area contributed by atoms with Gasteiger partial charge in [-0.05, 0) is 13.0 Å². The Morgan fingerprint density at radius 3 is 2.74 bits per heavy atom. The van der Waals surface area contributed by atoms with Crippen LogP contribution in [0.4, 0.5) is 0 Å². The van der Waals surface area contributed by atoms with Gasteiger partial charge in [-0.3, -0.25) is 15.1 Å². The zero-order chi connectivity index (χ0) is 13.7. The first kappa shape index (κ1) is 14.0. The van der Waals surface area contributed by atoms with Crippen molar-refractivity contribution >= 4 is 5.91 Å². The standard InChI is InChI=1S/C12H21N5O2/c1-2-3-16-4-6-17(7-5-16)9-10-8-11(15-19-10)12(18)14-13/h8H,2-7,9,13H2,1H3,(H,14,18). The van der Waals surface area contributed by atoms with Crippen molar-refractivity contribution in [2.75, 3.05) is 32.7 Å². The van der Waals surface area contributed by atoms with E-state index in [2.05, 4.69) is 21.9 Å². The minimum atomic E-state index is -0.428. The van der Waals surface area contributed by atoms with Crippen molar-refractivity contribution < 1.29 is 9.32 Å². The molecule has 0 unspecified atom stereocenters. The van der Waals surface area contributed by atoms with Gasteiger partial charge in [-0.1, -0.05) is 12.1 Å². The Hall–Kier alpha value is -1.44. The fourth-order valence-electron chi connectivity index (χ4n) is 2.28. The third-order valence-corrected chi connectivity index (χ3v) is 3.31. The molecule has 1 aliphatic heterocycles. The van der Waals surface area contributed by atoms with Gasteiger partial charge in [0.15, 0.2) is 11.5 Å². The summed E-state index contributed by atoms with van der Waals surface area (Å²) in [6.45, 7) is 8.24. The number of carbonyl (C=O) groups excluding carboxylic acids is 1. The minimum Gasteiger partial charge on any atom is -0.359 e. The van der Waals surface area contributed by atoms with Crippen molar-refractivity contribution in [3.8, 4) is 0 Å². The molecule has 2 rings (SSSR count). The summed E-state index contributed by atoms with van der Waals surface area (Å²) >= 11 is 0. The minimum absolute atomic E-state index is 0.224. The summed E-state index contributed by atoms with van der Waals surface area (Å²) in [7, 11) is 0. The van der Waals surface area contributed by atoms with Gasteiger partial charge < -0.3 is 9.42 Å². The smallest absolute Gasteiger partial charge is 0.287 e.